The van der Waals surface area contributed by atoms with Crippen molar-refractivity contribution < 1.29 is 4.39 Å². The first-order valence-electron chi connectivity index (χ1n) is 7.29. The number of nitrogens with zero attached hydrogens (tertiary/aromatic N) is 2. The molecule has 1 aromatic heterocycles. The van der Waals surface area contributed by atoms with Gasteiger partial charge in [0.2, 0.25) is 0 Å². The van der Waals surface area contributed by atoms with Crippen LogP contribution in [0, 0.1) is 12.7 Å². The van der Waals surface area contributed by atoms with E-state index in [2.05, 4.69) is 11.6 Å². The van der Waals surface area contributed by atoms with Crippen molar-refractivity contribution in [3.8, 4) is 5.69 Å². The molecule has 1 heterocycles. The zero-order chi connectivity index (χ0) is 16.4. The van der Waals surface area contributed by atoms with Crippen LogP contribution in [0.4, 0.5) is 4.39 Å². The largest absolute Gasteiger partial charge is 0.300 e. The number of hydrogen-bond donors (Lipinski definition) is 0. The summed E-state index contributed by atoms with van der Waals surface area (Å²) < 4.78 is 16.2. The van der Waals surface area contributed by atoms with E-state index in [1.807, 2.05) is 42.0 Å². The zero-order valence-corrected chi connectivity index (χ0v) is 13.5. The Kier molecular flexibility index (Phi) is 4.30. The van der Waals surface area contributed by atoms with Crippen LogP contribution in [0.15, 0.2) is 55.4 Å². The van der Waals surface area contributed by atoms with Gasteiger partial charge in [-0.15, -0.1) is 0 Å². The van der Waals surface area contributed by atoms with E-state index < -0.39 is 0 Å². The standard InChI is InChI=1S/C19H16ClFN2/c1-3-18-22-10-11-23(18)17-7-5-4-6-14(17)12-15-16(21)9-8-13(2)19(15)20/h3-11H,1,12H2,2H3. The van der Waals surface area contributed by atoms with Crippen LogP contribution < -0.4 is 0 Å². The van der Waals surface area contributed by atoms with E-state index in [1.165, 1.54) is 6.07 Å². The first-order chi connectivity index (χ1) is 11.1. The third-order valence-corrected chi connectivity index (χ3v) is 4.38. The lowest BCUT2D eigenvalue weighted by molar-refractivity contribution is 0.613. The fraction of sp³-hybridized carbons (Fsp3) is 0.105. The Morgan fingerprint density at radius 1 is 1.26 bits per heavy atom. The van der Waals surface area contributed by atoms with Gasteiger partial charge in [-0.3, -0.25) is 0 Å². The van der Waals surface area contributed by atoms with Crippen molar-refractivity contribution >= 4 is 17.7 Å². The Hall–Kier alpha value is -2.39. The van der Waals surface area contributed by atoms with Crippen molar-refractivity contribution in [3.05, 3.63) is 88.7 Å². The Morgan fingerprint density at radius 3 is 2.83 bits per heavy atom. The molecule has 0 bridgehead atoms. The van der Waals surface area contributed by atoms with Gasteiger partial charge in [0.15, 0.2) is 0 Å². The van der Waals surface area contributed by atoms with Crippen molar-refractivity contribution in [2.75, 3.05) is 0 Å². The Labute approximate surface area is 139 Å². The lowest BCUT2D eigenvalue weighted by Crippen LogP contribution is -2.03. The highest BCUT2D eigenvalue weighted by Gasteiger charge is 2.14. The fourth-order valence-corrected chi connectivity index (χ4v) is 2.85. The Bertz CT molecular complexity index is 868. The van der Waals surface area contributed by atoms with E-state index >= 15 is 0 Å². The predicted molar refractivity (Wildman–Crippen MR) is 92.6 cm³/mol. The molecule has 0 N–H and O–H groups in total. The van der Waals surface area contributed by atoms with Crippen molar-refractivity contribution in [2.24, 2.45) is 0 Å². The van der Waals surface area contributed by atoms with Gasteiger partial charge in [0.25, 0.3) is 0 Å². The molecule has 0 radical (unpaired) electrons. The molecule has 0 atom stereocenters. The van der Waals surface area contributed by atoms with Crippen LogP contribution in [0.1, 0.15) is 22.5 Å². The summed E-state index contributed by atoms with van der Waals surface area (Å²) in [4.78, 5) is 4.25. The Balaban J connectivity index is 2.10. The third-order valence-electron chi connectivity index (χ3n) is 3.85. The smallest absolute Gasteiger partial charge is 0.136 e. The molecule has 0 unspecified atom stereocenters. The average Bonchev–Trinajstić information content (AvgIpc) is 3.04. The second-order valence-corrected chi connectivity index (χ2v) is 5.70. The van der Waals surface area contributed by atoms with E-state index in [0.29, 0.717) is 17.0 Å². The van der Waals surface area contributed by atoms with Gasteiger partial charge in [-0.2, -0.15) is 0 Å². The molecule has 116 valence electrons. The quantitative estimate of drug-likeness (QED) is 0.643. The molecule has 0 fully saturated rings. The highest BCUT2D eigenvalue weighted by Crippen LogP contribution is 2.28. The molecular formula is C19H16ClFN2. The molecule has 3 rings (SSSR count). The van der Waals surface area contributed by atoms with E-state index in [-0.39, 0.29) is 5.82 Å². The monoisotopic (exact) mass is 326 g/mol. The molecule has 4 heteroatoms. The highest BCUT2D eigenvalue weighted by molar-refractivity contribution is 6.32. The minimum absolute atomic E-state index is 0.287. The SMILES string of the molecule is C=Cc1nccn1-c1ccccc1Cc1c(F)ccc(C)c1Cl. The van der Waals surface area contributed by atoms with Crippen molar-refractivity contribution in [3.63, 3.8) is 0 Å². The molecular weight excluding hydrogens is 311 g/mol. The van der Waals surface area contributed by atoms with Crippen molar-refractivity contribution in [1.29, 1.82) is 0 Å². The maximum Gasteiger partial charge on any atom is 0.136 e. The number of benzene rings is 2. The summed E-state index contributed by atoms with van der Waals surface area (Å²) >= 11 is 6.31. The van der Waals surface area contributed by atoms with E-state index in [9.17, 15) is 4.39 Å². The molecule has 0 spiro atoms. The van der Waals surface area contributed by atoms with Gasteiger partial charge in [0, 0.05) is 29.4 Å². The molecule has 0 saturated heterocycles. The summed E-state index contributed by atoms with van der Waals surface area (Å²) in [6.45, 7) is 5.66. The van der Waals surface area contributed by atoms with Crippen LogP contribution in [0.25, 0.3) is 11.8 Å². The molecule has 0 aliphatic rings. The van der Waals surface area contributed by atoms with Gasteiger partial charge in [-0.25, -0.2) is 9.37 Å². The van der Waals surface area contributed by atoms with E-state index in [4.69, 9.17) is 11.6 Å². The number of rotatable bonds is 4. The molecule has 0 aliphatic carbocycles. The van der Waals surface area contributed by atoms with Crippen LogP contribution >= 0.6 is 11.6 Å². The summed E-state index contributed by atoms with van der Waals surface area (Å²) in [6.07, 6.45) is 5.69. The minimum Gasteiger partial charge on any atom is -0.300 e. The van der Waals surface area contributed by atoms with Crippen LogP contribution in [-0.2, 0) is 6.42 Å². The van der Waals surface area contributed by atoms with Gasteiger partial charge in [-0.1, -0.05) is 42.4 Å². The maximum absolute atomic E-state index is 14.2. The number of aromatic nitrogens is 2. The third kappa shape index (κ3) is 2.92. The molecule has 2 nitrogen and oxygen atoms in total. The first kappa shape index (κ1) is 15.5. The molecule has 2 aromatic carbocycles. The maximum atomic E-state index is 14.2. The van der Waals surface area contributed by atoms with Crippen LogP contribution in [0.5, 0.6) is 0 Å². The topological polar surface area (TPSA) is 17.8 Å². The summed E-state index contributed by atoms with van der Waals surface area (Å²) in [5.74, 6) is 0.457. The van der Waals surface area contributed by atoms with E-state index in [1.54, 1.807) is 18.3 Å². The predicted octanol–water partition coefficient (Wildman–Crippen LogP) is 5.21. The van der Waals surface area contributed by atoms with Gasteiger partial charge in [0.05, 0.1) is 5.69 Å². The summed E-state index contributed by atoms with van der Waals surface area (Å²) in [5, 5.41) is 0.481. The highest BCUT2D eigenvalue weighted by atomic mass is 35.5. The second kappa shape index (κ2) is 6.39. The van der Waals surface area contributed by atoms with Gasteiger partial charge < -0.3 is 4.57 Å². The first-order valence-corrected chi connectivity index (χ1v) is 7.67. The van der Waals surface area contributed by atoms with Crippen LogP contribution in [0.3, 0.4) is 0 Å². The van der Waals surface area contributed by atoms with Gasteiger partial charge in [-0.05, 0) is 36.3 Å². The molecule has 0 saturated carbocycles. The van der Waals surface area contributed by atoms with E-state index in [0.717, 1.165) is 22.6 Å². The molecule has 0 aliphatic heterocycles. The average molecular weight is 327 g/mol. The molecule has 3 aromatic rings. The minimum atomic E-state index is -0.287. The number of para-hydroxylation sites is 1. The normalized spacial score (nSPS) is 10.7. The van der Waals surface area contributed by atoms with Crippen LogP contribution in [0.2, 0.25) is 5.02 Å². The number of aryl methyl sites for hydroxylation is 1. The number of halogens is 2. The zero-order valence-electron chi connectivity index (χ0n) is 12.8. The fourth-order valence-electron chi connectivity index (χ4n) is 2.63. The Morgan fingerprint density at radius 2 is 2.04 bits per heavy atom. The van der Waals surface area contributed by atoms with Crippen molar-refractivity contribution in [1.82, 2.24) is 9.55 Å². The molecule has 23 heavy (non-hydrogen) atoms. The van der Waals surface area contributed by atoms with Crippen LogP contribution in [-0.4, -0.2) is 9.55 Å². The van der Waals surface area contributed by atoms with Gasteiger partial charge >= 0.3 is 0 Å². The van der Waals surface area contributed by atoms with Gasteiger partial charge in [0.1, 0.15) is 11.6 Å². The lowest BCUT2D eigenvalue weighted by Gasteiger charge is -2.14. The summed E-state index contributed by atoms with van der Waals surface area (Å²) in [7, 11) is 0. The van der Waals surface area contributed by atoms with Crippen molar-refractivity contribution in [2.45, 2.75) is 13.3 Å². The number of imidazole rings is 1. The number of hydrogen-bond acceptors (Lipinski definition) is 1. The summed E-state index contributed by atoms with van der Waals surface area (Å²) in [6, 6.07) is 11.0. The lowest BCUT2D eigenvalue weighted by atomic mass is 10.0. The second-order valence-electron chi connectivity index (χ2n) is 5.32. The summed E-state index contributed by atoms with van der Waals surface area (Å²) in [5.41, 5.74) is 3.30. The molecule has 0 amide bonds.